The Morgan fingerprint density at radius 1 is 1.39 bits per heavy atom. The van der Waals surface area contributed by atoms with E-state index in [1.54, 1.807) is 0 Å². The quantitative estimate of drug-likeness (QED) is 0.857. The number of carbonyl (C=O) groups is 1. The first-order valence-electron chi connectivity index (χ1n) is 5.26. The van der Waals surface area contributed by atoms with Crippen molar-refractivity contribution in [2.75, 3.05) is 13.1 Å². The molecule has 18 heavy (non-hydrogen) atoms. The largest absolute Gasteiger partial charge is 0.487 e. The molecule has 1 saturated heterocycles. The molecule has 1 fully saturated rings. The molecule has 0 saturated carbocycles. The highest BCUT2D eigenvalue weighted by Crippen LogP contribution is 2.32. The second-order valence-corrected chi connectivity index (χ2v) is 3.97. The average molecular weight is 260 g/mol. The smallest absolute Gasteiger partial charge is 0.416 e. The van der Waals surface area contributed by atoms with Crippen LogP contribution in [0, 0.1) is 0 Å². The van der Waals surface area contributed by atoms with Gasteiger partial charge >= 0.3 is 6.18 Å². The van der Waals surface area contributed by atoms with Gasteiger partial charge in [0.1, 0.15) is 11.9 Å². The predicted octanol–water partition coefficient (Wildman–Crippen LogP) is 1.15. The zero-order chi connectivity index (χ0) is 13.3. The second-order valence-electron chi connectivity index (χ2n) is 3.97. The first kappa shape index (κ1) is 12.7. The molecule has 0 spiro atoms. The van der Waals surface area contributed by atoms with Gasteiger partial charge in [0.2, 0.25) is 0 Å². The summed E-state index contributed by atoms with van der Waals surface area (Å²) in [7, 11) is 0. The molecule has 0 aromatic heterocycles. The van der Waals surface area contributed by atoms with Gasteiger partial charge in [-0.3, -0.25) is 4.79 Å². The summed E-state index contributed by atoms with van der Waals surface area (Å²) in [5.74, 6) is -0.856. The van der Waals surface area contributed by atoms with Crippen LogP contribution in [0.4, 0.5) is 13.2 Å². The number of primary amides is 1. The maximum absolute atomic E-state index is 12.5. The molecule has 7 heteroatoms. The minimum atomic E-state index is -4.51. The van der Waals surface area contributed by atoms with Gasteiger partial charge in [0.05, 0.1) is 11.1 Å². The van der Waals surface area contributed by atoms with E-state index >= 15 is 0 Å². The molecule has 0 bridgehead atoms. The van der Waals surface area contributed by atoms with Gasteiger partial charge in [-0.1, -0.05) is 0 Å². The van der Waals surface area contributed by atoms with Crippen LogP contribution >= 0.6 is 0 Å². The van der Waals surface area contributed by atoms with Crippen LogP contribution in [0.15, 0.2) is 18.2 Å². The van der Waals surface area contributed by atoms with E-state index in [4.69, 9.17) is 10.5 Å². The summed E-state index contributed by atoms with van der Waals surface area (Å²) >= 11 is 0. The summed E-state index contributed by atoms with van der Waals surface area (Å²) in [5, 5.41) is 2.94. The number of ether oxygens (including phenoxy) is 1. The zero-order valence-corrected chi connectivity index (χ0v) is 9.25. The molecule has 1 aromatic carbocycles. The Morgan fingerprint density at radius 3 is 2.50 bits per heavy atom. The number of nitrogens with one attached hydrogen (secondary N) is 1. The van der Waals surface area contributed by atoms with E-state index in [0.717, 1.165) is 12.1 Å². The van der Waals surface area contributed by atoms with Gasteiger partial charge in [0, 0.05) is 13.1 Å². The number of rotatable bonds is 3. The van der Waals surface area contributed by atoms with E-state index in [1.165, 1.54) is 0 Å². The molecule has 0 aliphatic carbocycles. The fourth-order valence-corrected chi connectivity index (χ4v) is 1.53. The Bertz CT molecular complexity index is 470. The third-order valence-electron chi connectivity index (χ3n) is 2.61. The van der Waals surface area contributed by atoms with Gasteiger partial charge in [-0.05, 0) is 18.2 Å². The van der Waals surface area contributed by atoms with Crippen molar-refractivity contribution in [2.24, 2.45) is 5.73 Å². The lowest BCUT2D eigenvalue weighted by molar-refractivity contribution is -0.137. The number of alkyl halides is 3. The standard InChI is InChI=1S/C11H11F3N2O2/c12-11(13,14)6-1-2-9(8(3-6)10(15)17)18-7-4-16-5-7/h1-3,7,16H,4-5H2,(H2,15,17). The molecule has 0 radical (unpaired) electrons. The number of hydrogen-bond donors (Lipinski definition) is 2. The van der Waals surface area contributed by atoms with Gasteiger partial charge < -0.3 is 15.8 Å². The SMILES string of the molecule is NC(=O)c1cc(C(F)(F)F)ccc1OC1CNC1. The van der Waals surface area contributed by atoms with Crippen molar-refractivity contribution in [1.82, 2.24) is 5.32 Å². The monoisotopic (exact) mass is 260 g/mol. The van der Waals surface area contributed by atoms with Gasteiger partial charge in [0.25, 0.3) is 5.91 Å². The highest BCUT2D eigenvalue weighted by Gasteiger charge is 2.32. The molecule has 1 amide bonds. The van der Waals surface area contributed by atoms with Gasteiger partial charge in [0.15, 0.2) is 0 Å². The first-order chi connectivity index (χ1) is 8.38. The predicted molar refractivity (Wildman–Crippen MR) is 57.2 cm³/mol. The Balaban J connectivity index is 2.31. The van der Waals surface area contributed by atoms with Gasteiger partial charge in [-0.15, -0.1) is 0 Å². The van der Waals surface area contributed by atoms with Gasteiger partial charge in [-0.25, -0.2) is 0 Å². The summed E-state index contributed by atoms with van der Waals surface area (Å²) in [6.07, 6.45) is -4.65. The van der Waals surface area contributed by atoms with E-state index in [1.807, 2.05) is 0 Å². The van der Waals surface area contributed by atoms with E-state index in [-0.39, 0.29) is 17.4 Å². The highest BCUT2D eigenvalue weighted by atomic mass is 19.4. The number of benzene rings is 1. The topological polar surface area (TPSA) is 64.4 Å². The average Bonchev–Trinajstić information content (AvgIpc) is 2.21. The molecule has 1 aromatic rings. The van der Waals surface area contributed by atoms with Crippen LogP contribution < -0.4 is 15.8 Å². The van der Waals surface area contributed by atoms with E-state index in [0.29, 0.717) is 19.2 Å². The van der Waals surface area contributed by atoms with Crippen LogP contribution in [-0.2, 0) is 6.18 Å². The minimum Gasteiger partial charge on any atom is -0.487 e. The Hall–Kier alpha value is -1.76. The lowest BCUT2D eigenvalue weighted by atomic mass is 10.1. The van der Waals surface area contributed by atoms with Crippen molar-refractivity contribution in [2.45, 2.75) is 12.3 Å². The zero-order valence-electron chi connectivity index (χ0n) is 9.25. The van der Waals surface area contributed by atoms with E-state index in [2.05, 4.69) is 5.32 Å². The van der Waals surface area contributed by atoms with Gasteiger partial charge in [-0.2, -0.15) is 13.2 Å². The van der Waals surface area contributed by atoms with Crippen LogP contribution in [-0.4, -0.2) is 25.1 Å². The third kappa shape index (κ3) is 2.56. The Kier molecular flexibility index (Phi) is 3.16. The summed E-state index contributed by atoms with van der Waals surface area (Å²) < 4.78 is 42.9. The normalized spacial score (nSPS) is 16.2. The molecule has 4 nitrogen and oxygen atoms in total. The van der Waals surface area contributed by atoms with Crippen molar-refractivity contribution < 1.29 is 22.7 Å². The second kappa shape index (κ2) is 4.49. The fourth-order valence-electron chi connectivity index (χ4n) is 1.53. The van der Waals surface area contributed by atoms with Crippen LogP contribution in [0.25, 0.3) is 0 Å². The maximum atomic E-state index is 12.5. The van der Waals surface area contributed by atoms with Crippen LogP contribution in [0.3, 0.4) is 0 Å². The lowest BCUT2D eigenvalue weighted by Crippen LogP contribution is -2.50. The summed E-state index contributed by atoms with van der Waals surface area (Å²) in [4.78, 5) is 11.1. The number of hydrogen-bond acceptors (Lipinski definition) is 3. The third-order valence-corrected chi connectivity index (χ3v) is 2.61. The van der Waals surface area contributed by atoms with Crippen molar-refractivity contribution >= 4 is 5.91 Å². The Labute approximate surface area is 101 Å². The van der Waals surface area contributed by atoms with Crippen molar-refractivity contribution in [3.63, 3.8) is 0 Å². The molecule has 1 aliphatic heterocycles. The summed E-state index contributed by atoms with van der Waals surface area (Å²) in [6, 6.07) is 2.71. The Morgan fingerprint density at radius 2 is 2.06 bits per heavy atom. The number of nitrogens with two attached hydrogens (primary N) is 1. The fraction of sp³-hybridized carbons (Fsp3) is 0.364. The number of amides is 1. The van der Waals surface area contributed by atoms with Crippen molar-refractivity contribution in [3.05, 3.63) is 29.3 Å². The molecular formula is C11H11F3N2O2. The van der Waals surface area contributed by atoms with E-state index < -0.39 is 17.6 Å². The summed E-state index contributed by atoms with van der Waals surface area (Å²) in [6.45, 7) is 1.19. The van der Waals surface area contributed by atoms with Crippen LogP contribution in [0.5, 0.6) is 5.75 Å². The molecular weight excluding hydrogens is 249 g/mol. The summed E-state index contributed by atoms with van der Waals surface area (Å²) in [5.41, 5.74) is 3.89. The molecule has 98 valence electrons. The maximum Gasteiger partial charge on any atom is 0.416 e. The van der Waals surface area contributed by atoms with E-state index in [9.17, 15) is 18.0 Å². The number of halogens is 3. The lowest BCUT2D eigenvalue weighted by Gasteiger charge is -2.28. The molecule has 0 atom stereocenters. The molecule has 0 unspecified atom stereocenters. The first-order valence-corrected chi connectivity index (χ1v) is 5.26. The minimum absolute atomic E-state index is 0.0852. The molecule has 2 rings (SSSR count). The van der Waals surface area contributed by atoms with Crippen LogP contribution in [0.1, 0.15) is 15.9 Å². The van der Waals surface area contributed by atoms with Crippen molar-refractivity contribution in [3.8, 4) is 5.75 Å². The highest BCUT2D eigenvalue weighted by molar-refractivity contribution is 5.95. The van der Waals surface area contributed by atoms with Crippen molar-refractivity contribution in [1.29, 1.82) is 0 Å². The molecule has 1 heterocycles. The molecule has 3 N–H and O–H groups in total. The number of carbonyl (C=O) groups excluding carboxylic acids is 1. The van der Waals surface area contributed by atoms with Crippen LogP contribution in [0.2, 0.25) is 0 Å². The molecule has 1 aliphatic rings.